The second kappa shape index (κ2) is 5.61. The topological polar surface area (TPSA) is 76.9 Å². The van der Waals surface area contributed by atoms with E-state index in [2.05, 4.69) is 14.9 Å². The van der Waals surface area contributed by atoms with Crippen LogP contribution in [-0.4, -0.2) is 23.2 Å². The van der Waals surface area contributed by atoms with Gasteiger partial charge in [0.15, 0.2) is 5.82 Å². The van der Waals surface area contributed by atoms with Crippen molar-refractivity contribution in [2.24, 2.45) is 7.05 Å². The molecule has 0 amide bonds. The number of aromatic nitrogens is 3. The molecule has 0 atom stereocenters. The zero-order valence-electron chi connectivity index (χ0n) is 11.8. The summed E-state index contributed by atoms with van der Waals surface area (Å²) in [5.41, 5.74) is 1.36. The number of benzene rings is 2. The number of sulfonamides is 1. The molecular formula is C15H14N4O2S. The average Bonchev–Trinajstić information content (AvgIpc) is 2.95. The molecule has 0 fully saturated rings. The van der Waals surface area contributed by atoms with Gasteiger partial charge in [0.05, 0.1) is 4.90 Å². The van der Waals surface area contributed by atoms with Crippen LogP contribution >= 0.6 is 0 Å². The summed E-state index contributed by atoms with van der Waals surface area (Å²) >= 11 is 0. The standard InChI is InChI=1S/C15H14N4O2S/c1-19-11-16-17-15(19)12-7-9-13(10-8-12)18-22(20,21)14-5-3-2-4-6-14/h2-11,18H,1H3. The summed E-state index contributed by atoms with van der Waals surface area (Å²) in [6.07, 6.45) is 1.61. The first-order chi connectivity index (χ1) is 10.6. The Balaban J connectivity index is 1.84. The Morgan fingerprint density at radius 1 is 1.00 bits per heavy atom. The molecule has 7 heteroatoms. The van der Waals surface area contributed by atoms with E-state index in [1.807, 2.05) is 7.05 Å². The van der Waals surface area contributed by atoms with Crippen LogP contribution in [0.1, 0.15) is 0 Å². The lowest BCUT2D eigenvalue weighted by Gasteiger charge is -2.08. The molecule has 6 nitrogen and oxygen atoms in total. The van der Waals surface area contributed by atoms with E-state index in [1.165, 1.54) is 0 Å². The Kier molecular flexibility index (Phi) is 3.64. The molecule has 1 aromatic heterocycles. The lowest BCUT2D eigenvalue weighted by atomic mass is 10.2. The monoisotopic (exact) mass is 314 g/mol. The first-order valence-electron chi connectivity index (χ1n) is 6.58. The second-order valence-corrected chi connectivity index (χ2v) is 6.44. The van der Waals surface area contributed by atoms with Crippen LogP contribution in [0.3, 0.4) is 0 Å². The van der Waals surface area contributed by atoms with Crippen molar-refractivity contribution in [2.45, 2.75) is 4.90 Å². The third-order valence-corrected chi connectivity index (χ3v) is 4.56. The third kappa shape index (κ3) is 2.84. The van der Waals surface area contributed by atoms with Crippen molar-refractivity contribution in [3.63, 3.8) is 0 Å². The maximum absolute atomic E-state index is 12.2. The first-order valence-corrected chi connectivity index (χ1v) is 8.07. The molecule has 0 aliphatic carbocycles. The number of hydrogen-bond acceptors (Lipinski definition) is 4. The molecule has 1 heterocycles. The van der Waals surface area contributed by atoms with Crippen molar-refractivity contribution >= 4 is 15.7 Å². The molecule has 0 unspecified atom stereocenters. The quantitative estimate of drug-likeness (QED) is 0.801. The summed E-state index contributed by atoms with van der Waals surface area (Å²) in [5, 5.41) is 7.83. The number of aryl methyl sites for hydroxylation is 1. The van der Waals surface area contributed by atoms with E-state index in [0.29, 0.717) is 5.69 Å². The fourth-order valence-electron chi connectivity index (χ4n) is 2.05. The van der Waals surface area contributed by atoms with Gasteiger partial charge in [0.2, 0.25) is 0 Å². The van der Waals surface area contributed by atoms with Crippen LogP contribution in [0, 0.1) is 0 Å². The van der Waals surface area contributed by atoms with Crippen molar-refractivity contribution in [2.75, 3.05) is 4.72 Å². The number of nitrogens with zero attached hydrogens (tertiary/aromatic N) is 3. The molecule has 112 valence electrons. The molecular weight excluding hydrogens is 300 g/mol. The van der Waals surface area contributed by atoms with E-state index < -0.39 is 10.0 Å². The van der Waals surface area contributed by atoms with Gasteiger partial charge in [0.25, 0.3) is 10.0 Å². The Bertz CT molecular complexity index is 871. The molecule has 2 aromatic carbocycles. The number of hydrogen-bond donors (Lipinski definition) is 1. The average molecular weight is 314 g/mol. The molecule has 0 saturated heterocycles. The summed E-state index contributed by atoms with van der Waals surface area (Å²) in [5.74, 6) is 0.720. The summed E-state index contributed by atoms with van der Waals surface area (Å²) in [6, 6.07) is 15.2. The van der Waals surface area contributed by atoms with E-state index in [9.17, 15) is 8.42 Å². The van der Waals surface area contributed by atoms with Gasteiger partial charge in [-0.1, -0.05) is 18.2 Å². The fraction of sp³-hybridized carbons (Fsp3) is 0.0667. The molecule has 1 N–H and O–H groups in total. The van der Waals surface area contributed by atoms with Gasteiger partial charge in [-0.15, -0.1) is 10.2 Å². The van der Waals surface area contributed by atoms with Gasteiger partial charge in [0, 0.05) is 18.3 Å². The fourth-order valence-corrected chi connectivity index (χ4v) is 3.13. The number of anilines is 1. The van der Waals surface area contributed by atoms with E-state index in [4.69, 9.17) is 0 Å². The van der Waals surface area contributed by atoms with Crippen LogP contribution in [0.4, 0.5) is 5.69 Å². The van der Waals surface area contributed by atoms with E-state index >= 15 is 0 Å². The Hall–Kier alpha value is -2.67. The lowest BCUT2D eigenvalue weighted by Crippen LogP contribution is -2.12. The highest BCUT2D eigenvalue weighted by molar-refractivity contribution is 7.92. The Labute approximate surface area is 128 Å². The largest absolute Gasteiger partial charge is 0.317 e. The molecule has 0 aliphatic heterocycles. The molecule has 0 aliphatic rings. The Morgan fingerprint density at radius 2 is 1.68 bits per heavy atom. The Morgan fingerprint density at radius 3 is 2.27 bits per heavy atom. The van der Waals surface area contributed by atoms with Crippen molar-refractivity contribution in [1.29, 1.82) is 0 Å². The number of nitrogens with one attached hydrogen (secondary N) is 1. The zero-order chi connectivity index (χ0) is 15.6. The highest BCUT2D eigenvalue weighted by Crippen LogP contribution is 2.21. The molecule has 3 rings (SSSR count). The van der Waals surface area contributed by atoms with Crippen LogP contribution in [-0.2, 0) is 17.1 Å². The summed E-state index contributed by atoms with van der Waals surface area (Å²) < 4.78 is 28.8. The normalized spacial score (nSPS) is 11.3. The molecule has 0 bridgehead atoms. The predicted octanol–water partition coefficient (Wildman–Crippen LogP) is 2.28. The van der Waals surface area contributed by atoms with Crippen LogP contribution in [0.5, 0.6) is 0 Å². The van der Waals surface area contributed by atoms with Crippen LogP contribution in [0.2, 0.25) is 0 Å². The highest BCUT2D eigenvalue weighted by atomic mass is 32.2. The van der Waals surface area contributed by atoms with Gasteiger partial charge in [-0.2, -0.15) is 0 Å². The molecule has 22 heavy (non-hydrogen) atoms. The predicted molar refractivity (Wildman–Crippen MR) is 83.7 cm³/mol. The van der Waals surface area contributed by atoms with Gasteiger partial charge >= 0.3 is 0 Å². The van der Waals surface area contributed by atoms with Gasteiger partial charge < -0.3 is 4.57 Å². The maximum Gasteiger partial charge on any atom is 0.261 e. The minimum atomic E-state index is -3.57. The van der Waals surface area contributed by atoms with E-state index in [-0.39, 0.29) is 4.90 Å². The molecule has 0 radical (unpaired) electrons. The van der Waals surface area contributed by atoms with Gasteiger partial charge in [0.1, 0.15) is 6.33 Å². The second-order valence-electron chi connectivity index (χ2n) is 4.76. The van der Waals surface area contributed by atoms with Gasteiger partial charge in [-0.25, -0.2) is 8.42 Å². The van der Waals surface area contributed by atoms with Crippen LogP contribution in [0.25, 0.3) is 11.4 Å². The summed E-state index contributed by atoms with van der Waals surface area (Å²) in [7, 11) is -1.72. The summed E-state index contributed by atoms with van der Waals surface area (Å²) in [6.45, 7) is 0. The van der Waals surface area contributed by atoms with Gasteiger partial charge in [-0.3, -0.25) is 4.72 Å². The van der Waals surface area contributed by atoms with E-state index in [0.717, 1.165) is 11.4 Å². The SMILES string of the molecule is Cn1cnnc1-c1ccc(NS(=O)(=O)c2ccccc2)cc1. The first kappa shape index (κ1) is 14.3. The van der Waals surface area contributed by atoms with Crippen LogP contribution in [0.15, 0.2) is 65.8 Å². The highest BCUT2D eigenvalue weighted by Gasteiger charge is 2.13. The minimum absolute atomic E-state index is 0.229. The van der Waals surface area contributed by atoms with Gasteiger partial charge in [-0.05, 0) is 36.4 Å². The van der Waals surface area contributed by atoms with Crippen LogP contribution < -0.4 is 4.72 Å². The van der Waals surface area contributed by atoms with E-state index in [1.54, 1.807) is 65.5 Å². The van der Waals surface area contributed by atoms with Crippen molar-refractivity contribution < 1.29 is 8.42 Å². The summed E-state index contributed by atoms with van der Waals surface area (Å²) in [4.78, 5) is 0.229. The lowest BCUT2D eigenvalue weighted by molar-refractivity contribution is 0.601. The van der Waals surface area contributed by atoms with Crippen molar-refractivity contribution in [1.82, 2.24) is 14.8 Å². The molecule has 0 saturated carbocycles. The van der Waals surface area contributed by atoms with Crippen molar-refractivity contribution in [3.05, 3.63) is 60.9 Å². The smallest absolute Gasteiger partial charge is 0.261 e. The molecule has 3 aromatic rings. The van der Waals surface area contributed by atoms with Crippen molar-refractivity contribution in [3.8, 4) is 11.4 Å². The zero-order valence-corrected chi connectivity index (χ0v) is 12.7. The third-order valence-electron chi connectivity index (χ3n) is 3.16. The minimum Gasteiger partial charge on any atom is -0.317 e. The number of rotatable bonds is 4. The molecule has 0 spiro atoms. The maximum atomic E-state index is 12.2.